The highest BCUT2D eigenvalue weighted by molar-refractivity contribution is 6.30. The fourth-order valence-corrected chi connectivity index (χ4v) is 2.62. The van der Waals surface area contributed by atoms with Crippen molar-refractivity contribution in [2.45, 2.75) is 32.2 Å². The summed E-state index contributed by atoms with van der Waals surface area (Å²) in [6.45, 7) is 2.30. The molecule has 1 heterocycles. The van der Waals surface area contributed by atoms with Crippen molar-refractivity contribution >= 4 is 23.3 Å². The number of hydrogen-bond acceptors (Lipinski definition) is 2. The third-order valence-electron chi connectivity index (χ3n) is 3.23. The highest BCUT2D eigenvalue weighted by atomic mass is 35.5. The number of halogens is 1. The predicted octanol–water partition coefficient (Wildman–Crippen LogP) is 2.92. The van der Waals surface area contributed by atoms with Gasteiger partial charge in [-0.25, -0.2) is 0 Å². The van der Waals surface area contributed by atoms with Crippen molar-refractivity contribution in [1.82, 2.24) is 4.90 Å². The molecule has 18 heavy (non-hydrogen) atoms. The van der Waals surface area contributed by atoms with Gasteiger partial charge >= 0.3 is 0 Å². The molecule has 1 fully saturated rings. The van der Waals surface area contributed by atoms with Crippen LogP contribution in [0.4, 0.5) is 0 Å². The number of ketones is 1. The van der Waals surface area contributed by atoms with Crippen LogP contribution in [0.15, 0.2) is 24.3 Å². The third kappa shape index (κ3) is 2.91. The molecule has 4 heteroatoms. The van der Waals surface area contributed by atoms with E-state index in [2.05, 4.69) is 0 Å². The molecule has 2 rings (SSSR count). The lowest BCUT2D eigenvalue weighted by molar-refractivity contribution is -0.117. The summed E-state index contributed by atoms with van der Waals surface area (Å²) >= 11 is 5.89. The molecule has 0 bridgehead atoms. The minimum Gasteiger partial charge on any atom is -0.335 e. The number of likely N-dealkylation sites (tertiary alicyclic amines) is 1. The zero-order chi connectivity index (χ0) is 13.1. The minimum atomic E-state index is -0.0266. The number of hydrogen-bond donors (Lipinski definition) is 0. The molecule has 96 valence electrons. The van der Waals surface area contributed by atoms with Gasteiger partial charge in [-0.2, -0.15) is 0 Å². The third-order valence-corrected chi connectivity index (χ3v) is 3.47. The maximum Gasteiger partial charge on any atom is 0.254 e. The number of nitrogens with zero attached hydrogens (tertiary/aromatic N) is 1. The largest absolute Gasteiger partial charge is 0.335 e. The van der Waals surface area contributed by atoms with Gasteiger partial charge < -0.3 is 4.90 Å². The Labute approximate surface area is 112 Å². The number of amides is 1. The van der Waals surface area contributed by atoms with Crippen LogP contribution in [0.5, 0.6) is 0 Å². The fraction of sp³-hybridized carbons (Fsp3) is 0.429. The average Bonchev–Trinajstić information content (AvgIpc) is 2.75. The Balaban J connectivity index is 2.15. The molecule has 1 aromatic carbocycles. The molecule has 0 saturated carbocycles. The highest BCUT2D eigenvalue weighted by Crippen LogP contribution is 2.23. The zero-order valence-electron chi connectivity index (χ0n) is 10.4. The Morgan fingerprint density at radius 3 is 2.89 bits per heavy atom. The lowest BCUT2D eigenvalue weighted by Gasteiger charge is -2.24. The number of benzene rings is 1. The molecule has 1 amide bonds. The molecule has 0 spiro atoms. The van der Waals surface area contributed by atoms with Crippen LogP contribution in [0.3, 0.4) is 0 Å². The zero-order valence-corrected chi connectivity index (χ0v) is 11.1. The number of carbonyl (C=O) groups excluding carboxylic acids is 2. The van der Waals surface area contributed by atoms with Gasteiger partial charge in [0.2, 0.25) is 0 Å². The van der Waals surface area contributed by atoms with E-state index in [0.29, 0.717) is 17.0 Å². The Bertz CT molecular complexity index is 473. The molecular formula is C14H16ClNO2. The summed E-state index contributed by atoms with van der Waals surface area (Å²) < 4.78 is 0. The topological polar surface area (TPSA) is 37.4 Å². The summed E-state index contributed by atoms with van der Waals surface area (Å²) in [6, 6.07) is 7.00. The summed E-state index contributed by atoms with van der Waals surface area (Å²) in [4.78, 5) is 25.3. The lowest BCUT2D eigenvalue weighted by atomic mass is 10.1. The summed E-state index contributed by atoms with van der Waals surface area (Å²) in [5.74, 6) is 0.104. The van der Waals surface area contributed by atoms with Gasteiger partial charge in [0.25, 0.3) is 5.91 Å². The van der Waals surface area contributed by atoms with Crippen molar-refractivity contribution in [3.05, 3.63) is 34.9 Å². The Hall–Kier alpha value is -1.35. The van der Waals surface area contributed by atoms with Crippen molar-refractivity contribution in [1.29, 1.82) is 0 Å². The molecule has 0 radical (unpaired) electrons. The van der Waals surface area contributed by atoms with E-state index in [1.54, 1.807) is 36.1 Å². The van der Waals surface area contributed by atoms with Gasteiger partial charge in [0, 0.05) is 29.6 Å². The van der Waals surface area contributed by atoms with Gasteiger partial charge in [0.1, 0.15) is 5.78 Å². The van der Waals surface area contributed by atoms with Crippen LogP contribution >= 0.6 is 11.6 Å². The smallest absolute Gasteiger partial charge is 0.254 e. The van der Waals surface area contributed by atoms with E-state index in [9.17, 15) is 9.59 Å². The van der Waals surface area contributed by atoms with Crippen molar-refractivity contribution in [3.63, 3.8) is 0 Å². The van der Waals surface area contributed by atoms with Crippen LogP contribution in [-0.4, -0.2) is 29.2 Å². The van der Waals surface area contributed by atoms with Gasteiger partial charge in [-0.3, -0.25) is 9.59 Å². The first-order valence-corrected chi connectivity index (χ1v) is 6.51. The first-order valence-electron chi connectivity index (χ1n) is 6.14. The normalized spacial score (nSPS) is 19.0. The van der Waals surface area contributed by atoms with Crippen molar-refractivity contribution in [2.24, 2.45) is 0 Å². The molecule has 1 aliphatic heterocycles. The van der Waals surface area contributed by atoms with Crippen LogP contribution in [0.2, 0.25) is 5.02 Å². The molecule has 1 atom stereocenters. The molecule has 1 aliphatic rings. The second kappa shape index (κ2) is 5.53. The molecule has 1 unspecified atom stereocenters. The number of rotatable bonds is 3. The molecule has 3 nitrogen and oxygen atoms in total. The fourth-order valence-electron chi connectivity index (χ4n) is 2.43. The van der Waals surface area contributed by atoms with Crippen LogP contribution < -0.4 is 0 Å². The lowest BCUT2D eigenvalue weighted by Crippen LogP contribution is -2.36. The Morgan fingerprint density at radius 1 is 1.44 bits per heavy atom. The first kappa shape index (κ1) is 13.1. The summed E-state index contributed by atoms with van der Waals surface area (Å²) in [6.07, 6.45) is 2.32. The van der Waals surface area contributed by atoms with Gasteiger partial charge in [-0.05, 0) is 38.0 Å². The number of Topliss-reactive ketones (excluding diaryl/α,β-unsaturated/α-hetero) is 1. The first-order chi connectivity index (χ1) is 8.58. The monoisotopic (exact) mass is 265 g/mol. The minimum absolute atomic E-state index is 0.0266. The number of carbonyl (C=O) groups is 2. The van der Waals surface area contributed by atoms with Crippen molar-refractivity contribution in [3.8, 4) is 0 Å². The average molecular weight is 266 g/mol. The molecular weight excluding hydrogens is 250 g/mol. The SMILES string of the molecule is CC(=O)CC1CCCN1C(=O)c1cccc(Cl)c1. The van der Waals surface area contributed by atoms with Crippen LogP contribution in [0.25, 0.3) is 0 Å². The Morgan fingerprint density at radius 2 is 2.22 bits per heavy atom. The van der Waals surface area contributed by atoms with Gasteiger partial charge in [0.05, 0.1) is 0 Å². The highest BCUT2D eigenvalue weighted by Gasteiger charge is 2.30. The molecule has 0 aromatic heterocycles. The van der Waals surface area contributed by atoms with Crippen LogP contribution in [0.1, 0.15) is 36.5 Å². The predicted molar refractivity (Wildman–Crippen MR) is 70.8 cm³/mol. The van der Waals surface area contributed by atoms with Crippen LogP contribution in [0, 0.1) is 0 Å². The molecule has 1 saturated heterocycles. The molecule has 1 aromatic rings. The van der Waals surface area contributed by atoms with Gasteiger partial charge in [-0.1, -0.05) is 17.7 Å². The van der Waals surface area contributed by atoms with E-state index in [0.717, 1.165) is 19.4 Å². The van der Waals surface area contributed by atoms with Crippen LogP contribution in [-0.2, 0) is 4.79 Å². The second-order valence-electron chi connectivity index (χ2n) is 4.71. The van der Waals surface area contributed by atoms with E-state index >= 15 is 0 Å². The van der Waals surface area contributed by atoms with E-state index < -0.39 is 0 Å². The van der Waals surface area contributed by atoms with Crippen molar-refractivity contribution < 1.29 is 9.59 Å². The molecule has 0 aliphatic carbocycles. The maximum absolute atomic E-state index is 12.3. The second-order valence-corrected chi connectivity index (χ2v) is 5.15. The summed E-state index contributed by atoms with van der Waals surface area (Å²) in [5.41, 5.74) is 0.595. The van der Waals surface area contributed by atoms with Crippen molar-refractivity contribution in [2.75, 3.05) is 6.54 Å². The Kier molecular flexibility index (Phi) is 4.02. The van der Waals surface area contributed by atoms with Gasteiger partial charge in [-0.15, -0.1) is 0 Å². The van der Waals surface area contributed by atoms with E-state index in [1.807, 2.05) is 0 Å². The van der Waals surface area contributed by atoms with E-state index in [4.69, 9.17) is 11.6 Å². The summed E-state index contributed by atoms with van der Waals surface area (Å²) in [5, 5.41) is 0.558. The maximum atomic E-state index is 12.3. The van der Waals surface area contributed by atoms with Gasteiger partial charge in [0.15, 0.2) is 0 Å². The quantitative estimate of drug-likeness (QED) is 0.843. The molecule has 0 N–H and O–H groups in total. The standard InChI is InChI=1S/C14H16ClNO2/c1-10(17)8-13-6-3-7-16(13)14(18)11-4-2-5-12(15)9-11/h2,4-5,9,13H,3,6-8H2,1H3. The van der Waals surface area contributed by atoms with E-state index in [1.165, 1.54) is 0 Å². The van der Waals surface area contributed by atoms with E-state index in [-0.39, 0.29) is 17.7 Å². The summed E-state index contributed by atoms with van der Waals surface area (Å²) in [7, 11) is 0.